The van der Waals surface area contributed by atoms with Gasteiger partial charge in [0.2, 0.25) is 5.91 Å². The fourth-order valence-corrected chi connectivity index (χ4v) is 2.11. The van der Waals surface area contributed by atoms with Crippen molar-refractivity contribution in [1.29, 1.82) is 0 Å². The summed E-state index contributed by atoms with van der Waals surface area (Å²) in [5.41, 5.74) is 7.26. The Morgan fingerprint density at radius 3 is 2.89 bits per heavy atom. The van der Waals surface area contributed by atoms with E-state index in [0.717, 1.165) is 24.4 Å². The first-order valence-corrected chi connectivity index (χ1v) is 6.15. The number of nitrogens with two attached hydrogens (primary N) is 1. The summed E-state index contributed by atoms with van der Waals surface area (Å²) >= 11 is 0. The number of nitrogen functional groups attached to an aromatic ring is 1. The molecular formula is C13H19N3O2. The van der Waals surface area contributed by atoms with Crippen molar-refractivity contribution in [1.82, 2.24) is 4.90 Å². The average molecular weight is 249 g/mol. The number of rotatable bonds is 4. The summed E-state index contributed by atoms with van der Waals surface area (Å²) in [6.07, 6.45) is 0.814. The van der Waals surface area contributed by atoms with Gasteiger partial charge in [-0.2, -0.15) is 0 Å². The smallest absolute Gasteiger partial charge is 0.244 e. The molecule has 3 N–H and O–H groups in total. The highest BCUT2D eigenvalue weighted by Gasteiger charge is 2.28. The average Bonchev–Trinajstić information content (AvgIpc) is 2.61. The van der Waals surface area contributed by atoms with Crippen LogP contribution in [-0.2, 0) is 4.79 Å². The summed E-state index contributed by atoms with van der Waals surface area (Å²) in [6, 6.07) is 5.29. The topological polar surface area (TPSA) is 67.6 Å². The molecule has 1 aromatic rings. The standard InChI is InChI=1S/C13H19N3O2/c1-3-18-11-7-9(14)6-10(8-11)15-12-4-5-16(2)13(12)17/h6-8,12,15H,3-5,14H2,1-2H3. The highest BCUT2D eigenvalue weighted by Crippen LogP contribution is 2.24. The zero-order valence-electron chi connectivity index (χ0n) is 10.8. The Morgan fingerprint density at radius 1 is 1.50 bits per heavy atom. The Bertz CT molecular complexity index is 448. The van der Waals surface area contributed by atoms with Gasteiger partial charge in [-0.05, 0) is 19.4 Å². The van der Waals surface area contributed by atoms with Gasteiger partial charge in [0.25, 0.3) is 0 Å². The molecule has 1 aliphatic rings. The van der Waals surface area contributed by atoms with Crippen LogP contribution in [0.5, 0.6) is 5.75 Å². The maximum atomic E-state index is 11.8. The quantitative estimate of drug-likeness (QED) is 0.789. The van der Waals surface area contributed by atoms with Gasteiger partial charge in [-0.15, -0.1) is 0 Å². The van der Waals surface area contributed by atoms with Crippen molar-refractivity contribution in [3.63, 3.8) is 0 Å². The minimum Gasteiger partial charge on any atom is -0.494 e. The molecule has 98 valence electrons. The zero-order chi connectivity index (χ0) is 13.1. The van der Waals surface area contributed by atoms with E-state index >= 15 is 0 Å². The predicted octanol–water partition coefficient (Wildman–Crippen LogP) is 1.31. The van der Waals surface area contributed by atoms with Gasteiger partial charge in [0.05, 0.1) is 6.61 Å². The fourth-order valence-electron chi connectivity index (χ4n) is 2.11. The molecule has 1 unspecified atom stereocenters. The molecule has 0 aliphatic carbocycles. The lowest BCUT2D eigenvalue weighted by Crippen LogP contribution is -2.30. The molecule has 2 rings (SSSR count). The van der Waals surface area contributed by atoms with Crippen molar-refractivity contribution in [2.24, 2.45) is 0 Å². The summed E-state index contributed by atoms with van der Waals surface area (Å²) in [4.78, 5) is 13.5. The minimum absolute atomic E-state index is 0.121. The highest BCUT2D eigenvalue weighted by atomic mass is 16.5. The van der Waals surface area contributed by atoms with E-state index in [-0.39, 0.29) is 11.9 Å². The Kier molecular flexibility index (Phi) is 3.60. The summed E-state index contributed by atoms with van der Waals surface area (Å²) in [6.45, 7) is 3.30. The number of likely N-dealkylation sites (N-methyl/N-ethyl adjacent to an activating group) is 1. The first-order valence-electron chi connectivity index (χ1n) is 6.15. The van der Waals surface area contributed by atoms with Crippen LogP contribution in [-0.4, -0.2) is 37.0 Å². The van der Waals surface area contributed by atoms with Gasteiger partial charge in [-0.3, -0.25) is 4.79 Å². The van der Waals surface area contributed by atoms with E-state index in [2.05, 4.69) is 5.32 Å². The molecule has 1 heterocycles. The minimum atomic E-state index is -0.161. The molecule has 0 spiro atoms. The first-order chi connectivity index (χ1) is 8.60. The molecule has 1 amide bonds. The Balaban J connectivity index is 2.11. The number of likely N-dealkylation sites (tertiary alicyclic amines) is 1. The van der Waals surface area contributed by atoms with Crippen LogP contribution in [0.25, 0.3) is 0 Å². The van der Waals surface area contributed by atoms with E-state index in [9.17, 15) is 4.79 Å². The van der Waals surface area contributed by atoms with E-state index in [0.29, 0.717) is 12.3 Å². The van der Waals surface area contributed by atoms with Crippen LogP contribution < -0.4 is 15.8 Å². The third kappa shape index (κ3) is 2.67. The van der Waals surface area contributed by atoms with Gasteiger partial charge in [0, 0.05) is 37.1 Å². The van der Waals surface area contributed by atoms with E-state index in [1.807, 2.05) is 26.1 Å². The van der Waals surface area contributed by atoms with Crippen molar-refractivity contribution < 1.29 is 9.53 Å². The molecule has 5 nitrogen and oxygen atoms in total. The summed E-state index contributed by atoms with van der Waals surface area (Å²) in [7, 11) is 1.81. The number of carbonyl (C=O) groups excluding carboxylic acids is 1. The second kappa shape index (κ2) is 5.16. The molecule has 0 aromatic heterocycles. The maximum Gasteiger partial charge on any atom is 0.244 e. The molecule has 1 aliphatic heterocycles. The molecule has 1 atom stereocenters. The predicted molar refractivity (Wildman–Crippen MR) is 71.7 cm³/mol. The number of benzene rings is 1. The van der Waals surface area contributed by atoms with Crippen LogP contribution in [0.3, 0.4) is 0 Å². The third-order valence-electron chi connectivity index (χ3n) is 3.01. The van der Waals surface area contributed by atoms with Crippen molar-refractivity contribution in [2.45, 2.75) is 19.4 Å². The third-order valence-corrected chi connectivity index (χ3v) is 3.01. The van der Waals surface area contributed by atoms with E-state index in [1.165, 1.54) is 0 Å². The zero-order valence-corrected chi connectivity index (χ0v) is 10.8. The van der Waals surface area contributed by atoms with Crippen LogP contribution in [0.15, 0.2) is 18.2 Å². The van der Waals surface area contributed by atoms with Gasteiger partial charge in [0.1, 0.15) is 11.8 Å². The van der Waals surface area contributed by atoms with Gasteiger partial charge in [-0.25, -0.2) is 0 Å². The van der Waals surface area contributed by atoms with Crippen LogP contribution in [0, 0.1) is 0 Å². The monoisotopic (exact) mass is 249 g/mol. The fraction of sp³-hybridized carbons (Fsp3) is 0.462. The number of nitrogens with one attached hydrogen (secondary N) is 1. The van der Waals surface area contributed by atoms with Crippen LogP contribution in [0.1, 0.15) is 13.3 Å². The molecule has 1 aromatic carbocycles. The van der Waals surface area contributed by atoms with Crippen molar-refractivity contribution >= 4 is 17.3 Å². The van der Waals surface area contributed by atoms with Crippen LogP contribution >= 0.6 is 0 Å². The molecule has 1 fully saturated rings. The molecular weight excluding hydrogens is 230 g/mol. The van der Waals surface area contributed by atoms with Crippen molar-refractivity contribution in [3.8, 4) is 5.75 Å². The molecule has 0 bridgehead atoms. The molecule has 18 heavy (non-hydrogen) atoms. The number of amides is 1. The van der Waals surface area contributed by atoms with Crippen LogP contribution in [0.4, 0.5) is 11.4 Å². The van der Waals surface area contributed by atoms with Gasteiger partial charge in [-0.1, -0.05) is 0 Å². The summed E-state index contributed by atoms with van der Waals surface area (Å²) < 4.78 is 5.42. The normalized spacial score (nSPS) is 19.1. The summed E-state index contributed by atoms with van der Waals surface area (Å²) in [5, 5.41) is 3.21. The number of anilines is 2. The second-order valence-corrected chi connectivity index (χ2v) is 4.47. The molecule has 5 heteroatoms. The molecule has 0 radical (unpaired) electrons. The van der Waals surface area contributed by atoms with Crippen LogP contribution in [0.2, 0.25) is 0 Å². The Morgan fingerprint density at radius 2 is 2.28 bits per heavy atom. The number of carbonyl (C=O) groups is 1. The second-order valence-electron chi connectivity index (χ2n) is 4.47. The lowest BCUT2D eigenvalue weighted by molar-refractivity contribution is -0.127. The first kappa shape index (κ1) is 12.5. The number of hydrogen-bond donors (Lipinski definition) is 2. The van der Waals surface area contributed by atoms with Crippen molar-refractivity contribution in [2.75, 3.05) is 31.2 Å². The summed E-state index contributed by atoms with van der Waals surface area (Å²) in [5.74, 6) is 0.842. The van der Waals surface area contributed by atoms with E-state index in [1.54, 1.807) is 11.0 Å². The molecule has 1 saturated heterocycles. The Labute approximate surface area is 107 Å². The van der Waals surface area contributed by atoms with Crippen molar-refractivity contribution in [3.05, 3.63) is 18.2 Å². The lowest BCUT2D eigenvalue weighted by Gasteiger charge is -2.15. The molecule has 0 saturated carbocycles. The maximum absolute atomic E-state index is 11.8. The van der Waals surface area contributed by atoms with E-state index in [4.69, 9.17) is 10.5 Å². The largest absolute Gasteiger partial charge is 0.494 e. The Hall–Kier alpha value is -1.91. The SMILES string of the molecule is CCOc1cc(N)cc(NC2CCN(C)C2=O)c1. The lowest BCUT2D eigenvalue weighted by atomic mass is 10.2. The number of nitrogens with zero attached hydrogens (tertiary/aromatic N) is 1. The van der Waals surface area contributed by atoms with Gasteiger partial charge < -0.3 is 20.7 Å². The van der Waals surface area contributed by atoms with Gasteiger partial charge >= 0.3 is 0 Å². The number of hydrogen-bond acceptors (Lipinski definition) is 4. The van der Waals surface area contributed by atoms with Gasteiger partial charge in [0.15, 0.2) is 0 Å². The number of ether oxygens (including phenoxy) is 1. The van der Waals surface area contributed by atoms with E-state index < -0.39 is 0 Å². The highest BCUT2D eigenvalue weighted by molar-refractivity contribution is 5.86.